The molecule has 1 unspecified atom stereocenters. The predicted octanol–water partition coefficient (Wildman–Crippen LogP) is 0.789. The Morgan fingerprint density at radius 2 is 2.33 bits per heavy atom. The molecule has 2 nitrogen and oxygen atoms in total. The summed E-state index contributed by atoms with van der Waals surface area (Å²) in [6.07, 6.45) is 0.830. The molecule has 9 heavy (non-hydrogen) atoms. The second kappa shape index (κ2) is 2.90. The SMILES string of the molecule is CC1(N)CCSC1=O.Cl. The summed E-state index contributed by atoms with van der Waals surface area (Å²) in [7, 11) is 0. The molecule has 0 aromatic heterocycles. The van der Waals surface area contributed by atoms with Gasteiger partial charge in [-0.15, -0.1) is 12.4 Å². The number of hydrogen-bond donors (Lipinski definition) is 1. The fourth-order valence-electron chi connectivity index (χ4n) is 0.623. The van der Waals surface area contributed by atoms with Crippen molar-refractivity contribution in [2.24, 2.45) is 5.73 Å². The van der Waals surface area contributed by atoms with E-state index >= 15 is 0 Å². The van der Waals surface area contributed by atoms with E-state index in [1.807, 2.05) is 0 Å². The number of hydrogen-bond acceptors (Lipinski definition) is 3. The molecule has 0 saturated carbocycles. The molecule has 0 radical (unpaired) electrons. The van der Waals surface area contributed by atoms with Gasteiger partial charge >= 0.3 is 0 Å². The molecule has 1 aliphatic rings. The minimum Gasteiger partial charge on any atom is -0.318 e. The Labute approximate surface area is 65.0 Å². The Kier molecular flexibility index (Phi) is 2.99. The molecule has 2 N–H and O–H groups in total. The maximum Gasteiger partial charge on any atom is 0.208 e. The summed E-state index contributed by atoms with van der Waals surface area (Å²) in [6.45, 7) is 1.79. The zero-order valence-electron chi connectivity index (χ0n) is 5.22. The molecule has 1 atom stereocenters. The molecule has 1 heterocycles. The van der Waals surface area contributed by atoms with Gasteiger partial charge in [-0.3, -0.25) is 4.79 Å². The minimum atomic E-state index is -0.523. The van der Waals surface area contributed by atoms with Gasteiger partial charge in [0.25, 0.3) is 0 Å². The highest BCUT2D eigenvalue weighted by atomic mass is 35.5. The van der Waals surface area contributed by atoms with Crippen LogP contribution in [0, 0.1) is 0 Å². The van der Waals surface area contributed by atoms with Crippen molar-refractivity contribution in [2.45, 2.75) is 18.9 Å². The maximum atomic E-state index is 10.7. The Bertz CT molecular complexity index is 126. The lowest BCUT2D eigenvalue weighted by atomic mass is 10.0. The van der Waals surface area contributed by atoms with Crippen molar-refractivity contribution in [3.8, 4) is 0 Å². The van der Waals surface area contributed by atoms with Gasteiger partial charge in [-0.05, 0) is 13.3 Å². The van der Waals surface area contributed by atoms with E-state index < -0.39 is 5.54 Å². The summed E-state index contributed by atoms with van der Waals surface area (Å²) in [4.78, 5) is 10.7. The van der Waals surface area contributed by atoms with Crippen LogP contribution in [0.3, 0.4) is 0 Å². The fourth-order valence-corrected chi connectivity index (χ4v) is 1.77. The largest absolute Gasteiger partial charge is 0.318 e. The molecule has 0 spiro atoms. The van der Waals surface area contributed by atoms with Crippen molar-refractivity contribution in [1.82, 2.24) is 0 Å². The highest BCUT2D eigenvalue weighted by Gasteiger charge is 2.33. The van der Waals surface area contributed by atoms with E-state index in [4.69, 9.17) is 5.73 Å². The molecule has 0 aliphatic carbocycles. The smallest absolute Gasteiger partial charge is 0.208 e. The van der Waals surface area contributed by atoms with Crippen LogP contribution in [0.15, 0.2) is 0 Å². The number of thioether (sulfide) groups is 1. The van der Waals surface area contributed by atoms with Gasteiger partial charge in [0.15, 0.2) is 0 Å². The molecule has 4 heteroatoms. The lowest BCUT2D eigenvalue weighted by Gasteiger charge is -2.11. The van der Waals surface area contributed by atoms with E-state index in [-0.39, 0.29) is 17.5 Å². The molecule has 1 fully saturated rings. The van der Waals surface area contributed by atoms with E-state index in [0.717, 1.165) is 12.2 Å². The normalized spacial score (nSPS) is 34.2. The number of carbonyl (C=O) groups is 1. The van der Waals surface area contributed by atoms with E-state index in [2.05, 4.69) is 0 Å². The number of nitrogens with two attached hydrogens (primary N) is 1. The molecule has 0 aromatic rings. The van der Waals surface area contributed by atoms with Crippen LogP contribution >= 0.6 is 24.2 Å². The first kappa shape index (κ1) is 9.27. The second-order valence-corrected chi connectivity index (χ2v) is 3.37. The zero-order valence-corrected chi connectivity index (χ0v) is 6.85. The van der Waals surface area contributed by atoms with Crippen molar-refractivity contribution >= 4 is 29.3 Å². The van der Waals surface area contributed by atoms with Crippen LogP contribution in [0.25, 0.3) is 0 Å². The van der Waals surface area contributed by atoms with Crippen LogP contribution in [0.4, 0.5) is 0 Å². The molecule has 54 valence electrons. The molecule has 0 amide bonds. The van der Waals surface area contributed by atoms with Gasteiger partial charge < -0.3 is 5.73 Å². The molecular weight excluding hydrogens is 158 g/mol. The Balaban J connectivity index is 0.000000640. The summed E-state index contributed by atoms with van der Waals surface area (Å²) in [5.74, 6) is 0.895. The number of rotatable bonds is 0. The highest BCUT2D eigenvalue weighted by molar-refractivity contribution is 8.14. The Hall–Kier alpha value is 0.270. The van der Waals surface area contributed by atoms with Crippen LogP contribution in [0.2, 0.25) is 0 Å². The number of carbonyl (C=O) groups excluding carboxylic acids is 1. The predicted molar refractivity (Wildman–Crippen MR) is 41.9 cm³/mol. The molecule has 1 rings (SSSR count). The monoisotopic (exact) mass is 167 g/mol. The third kappa shape index (κ3) is 1.85. The van der Waals surface area contributed by atoms with Crippen molar-refractivity contribution in [1.29, 1.82) is 0 Å². The van der Waals surface area contributed by atoms with Gasteiger partial charge in [0, 0.05) is 5.75 Å². The zero-order chi connectivity index (χ0) is 6.20. The van der Waals surface area contributed by atoms with E-state index in [9.17, 15) is 4.79 Å². The lowest BCUT2D eigenvalue weighted by molar-refractivity contribution is -0.114. The summed E-state index contributed by atoms with van der Waals surface area (Å²) >= 11 is 1.34. The van der Waals surface area contributed by atoms with Crippen molar-refractivity contribution < 1.29 is 4.79 Å². The summed E-state index contributed by atoms with van der Waals surface area (Å²) in [5, 5.41) is 0.137. The maximum absolute atomic E-state index is 10.7. The minimum absolute atomic E-state index is 0. The van der Waals surface area contributed by atoms with Gasteiger partial charge in [0.1, 0.15) is 0 Å². The third-order valence-corrected chi connectivity index (χ3v) is 2.46. The van der Waals surface area contributed by atoms with Crippen LogP contribution in [-0.2, 0) is 4.79 Å². The van der Waals surface area contributed by atoms with E-state index in [0.29, 0.717) is 0 Å². The van der Waals surface area contributed by atoms with Crippen molar-refractivity contribution in [3.05, 3.63) is 0 Å². The van der Waals surface area contributed by atoms with Gasteiger partial charge in [-0.25, -0.2) is 0 Å². The molecule has 0 bridgehead atoms. The Morgan fingerprint density at radius 3 is 2.44 bits per heavy atom. The van der Waals surface area contributed by atoms with Gasteiger partial charge in [-0.1, -0.05) is 11.8 Å². The second-order valence-electron chi connectivity index (χ2n) is 2.30. The van der Waals surface area contributed by atoms with Gasteiger partial charge in [0.2, 0.25) is 5.12 Å². The standard InChI is InChI=1S/C5H9NOS.ClH/c1-5(6)2-3-8-4(5)7;/h2-3,6H2,1H3;1H. The first-order chi connectivity index (χ1) is 3.63. The van der Waals surface area contributed by atoms with Crippen LogP contribution in [0.1, 0.15) is 13.3 Å². The molecule has 0 aromatic carbocycles. The first-order valence-corrected chi connectivity index (χ1v) is 3.57. The third-order valence-electron chi connectivity index (χ3n) is 1.32. The topological polar surface area (TPSA) is 43.1 Å². The average Bonchev–Trinajstić information content (AvgIpc) is 1.86. The summed E-state index contributed by atoms with van der Waals surface area (Å²) in [6, 6.07) is 0. The average molecular weight is 168 g/mol. The van der Waals surface area contributed by atoms with Crippen LogP contribution in [-0.4, -0.2) is 16.4 Å². The van der Waals surface area contributed by atoms with Gasteiger partial charge in [0.05, 0.1) is 5.54 Å². The van der Waals surface area contributed by atoms with Crippen LogP contribution < -0.4 is 5.73 Å². The fraction of sp³-hybridized carbons (Fsp3) is 0.800. The van der Waals surface area contributed by atoms with Crippen molar-refractivity contribution in [2.75, 3.05) is 5.75 Å². The quantitative estimate of drug-likeness (QED) is 0.580. The van der Waals surface area contributed by atoms with Crippen molar-refractivity contribution in [3.63, 3.8) is 0 Å². The highest BCUT2D eigenvalue weighted by Crippen LogP contribution is 2.26. The lowest BCUT2D eigenvalue weighted by Crippen LogP contribution is -2.39. The molecular formula is C5H10ClNOS. The summed E-state index contributed by atoms with van der Waals surface area (Å²) < 4.78 is 0. The van der Waals surface area contributed by atoms with Gasteiger partial charge in [-0.2, -0.15) is 0 Å². The summed E-state index contributed by atoms with van der Waals surface area (Å²) in [5.41, 5.74) is 5.03. The molecule has 1 aliphatic heterocycles. The Morgan fingerprint density at radius 1 is 1.78 bits per heavy atom. The number of halogens is 1. The van der Waals surface area contributed by atoms with E-state index in [1.54, 1.807) is 6.92 Å². The molecule has 1 saturated heterocycles. The van der Waals surface area contributed by atoms with E-state index in [1.165, 1.54) is 11.8 Å². The first-order valence-electron chi connectivity index (χ1n) is 2.59. The van der Waals surface area contributed by atoms with Crippen LogP contribution in [0.5, 0.6) is 0 Å².